The summed E-state index contributed by atoms with van der Waals surface area (Å²) in [6, 6.07) is 29.9. The van der Waals surface area contributed by atoms with Crippen molar-refractivity contribution in [1.29, 1.82) is 0 Å². The maximum Gasteiger partial charge on any atom is 0.255 e. The van der Waals surface area contributed by atoms with Crippen LogP contribution in [0.25, 0.3) is 0 Å². The largest absolute Gasteiger partial charge is 0.352 e. The van der Waals surface area contributed by atoms with Crippen LogP contribution in [0, 0.1) is 0 Å². The van der Waals surface area contributed by atoms with Gasteiger partial charge >= 0.3 is 0 Å². The minimum absolute atomic E-state index is 0.0764. The number of hydrogen-bond donors (Lipinski definition) is 2. The normalized spacial score (nSPS) is 11.0. The summed E-state index contributed by atoms with van der Waals surface area (Å²) in [6.45, 7) is 0.541. The molecule has 0 aliphatic heterocycles. The van der Waals surface area contributed by atoms with Crippen molar-refractivity contribution >= 4 is 44.8 Å². The Bertz CT molecular complexity index is 1560. The molecule has 4 aromatic carbocycles. The van der Waals surface area contributed by atoms with Crippen molar-refractivity contribution in [3.63, 3.8) is 0 Å². The molecule has 0 saturated carbocycles. The maximum absolute atomic E-state index is 13.0. The molecule has 0 aromatic heterocycles. The van der Waals surface area contributed by atoms with E-state index < -0.39 is 10.0 Å². The molecule has 7 nitrogen and oxygen atoms in total. The predicted molar refractivity (Wildman–Crippen MR) is 156 cm³/mol. The molecular weight excluding hydrogens is 534 g/mol. The number of rotatable bonds is 10. The van der Waals surface area contributed by atoms with Crippen molar-refractivity contribution in [2.24, 2.45) is 0 Å². The summed E-state index contributed by atoms with van der Waals surface area (Å²) in [5.41, 5.74) is 3.39. The van der Waals surface area contributed by atoms with Gasteiger partial charge in [0.15, 0.2) is 0 Å². The molecular formula is C30H28ClN3O4S. The Morgan fingerprint density at radius 3 is 2.18 bits per heavy atom. The monoisotopic (exact) mass is 561 g/mol. The number of sulfonamides is 1. The molecule has 0 fully saturated rings. The Labute approximate surface area is 233 Å². The van der Waals surface area contributed by atoms with E-state index in [1.165, 1.54) is 4.31 Å². The van der Waals surface area contributed by atoms with Gasteiger partial charge in [0, 0.05) is 17.1 Å². The fourth-order valence-electron chi connectivity index (χ4n) is 4.00. The quantitative estimate of drug-likeness (QED) is 0.266. The summed E-state index contributed by atoms with van der Waals surface area (Å²) in [7, 11) is -3.58. The van der Waals surface area contributed by atoms with Gasteiger partial charge in [0.1, 0.15) is 0 Å². The van der Waals surface area contributed by atoms with Crippen molar-refractivity contribution in [1.82, 2.24) is 5.32 Å². The highest BCUT2D eigenvalue weighted by Gasteiger charge is 2.19. The Kier molecular flexibility index (Phi) is 9.01. The molecule has 4 aromatic rings. The third kappa shape index (κ3) is 7.69. The van der Waals surface area contributed by atoms with Gasteiger partial charge in [-0.05, 0) is 60.0 Å². The molecule has 0 atom stereocenters. The lowest BCUT2D eigenvalue weighted by atomic mass is 10.1. The van der Waals surface area contributed by atoms with Crippen molar-refractivity contribution in [3.05, 3.63) is 130 Å². The smallest absolute Gasteiger partial charge is 0.255 e. The van der Waals surface area contributed by atoms with E-state index in [9.17, 15) is 18.0 Å². The van der Waals surface area contributed by atoms with Gasteiger partial charge in [0.05, 0.1) is 29.7 Å². The number of amides is 2. The molecule has 0 aliphatic carbocycles. The van der Waals surface area contributed by atoms with Gasteiger partial charge in [-0.15, -0.1) is 0 Å². The van der Waals surface area contributed by atoms with E-state index in [1.807, 2.05) is 30.3 Å². The molecule has 2 amide bonds. The van der Waals surface area contributed by atoms with Crippen molar-refractivity contribution in [3.8, 4) is 0 Å². The second kappa shape index (κ2) is 12.6. The fourth-order valence-corrected chi connectivity index (χ4v) is 5.07. The highest BCUT2D eigenvalue weighted by Crippen LogP contribution is 2.24. The number of nitrogens with one attached hydrogen (secondary N) is 2. The van der Waals surface area contributed by atoms with Crippen LogP contribution in [0.15, 0.2) is 103 Å². The third-order valence-corrected chi connectivity index (χ3v) is 7.38. The van der Waals surface area contributed by atoms with E-state index >= 15 is 0 Å². The molecule has 4 rings (SSSR count). The van der Waals surface area contributed by atoms with Crippen LogP contribution >= 0.6 is 11.6 Å². The van der Waals surface area contributed by atoms with Crippen LogP contribution in [0.1, 0.15) is 31.8 Å². The van der Waals surface area contributed by atoms with E-state index in [-0.39, 0.29) is 18.4 Å². The number of nitrogens with zero attached hydrogens (tertiary/aromatic N) is 1. The molecule has 0 spiro atoms. The zero-order valence-corrected chi connectivity index (χ0v) is 22.9. The van der Waals surface area contributed by atoms with Gasteiger partial charge in [-0.1, -0.05) is 72.3 Å². The topological polar surface area (TPSA) is 95.6 Å². The Morgan fingerprint density at radius 1 is 0.795 bits per heavy atom. The highest BCUT2D eigenvalue weighted by atomic mass is 35.5. The second-order valence-corrected chi connectivity index (χ2v) is 11.3. The van der Waals surface area contributed by atoms with Crippen LogP contribution in [0.5, 0.6) is 0 Å². The Hall–Kier alpha value is -4.14. The van der Waals surface area contributed by atoms with Gasteiger partial charge < -0.3 is 10.6 Å². The first-order chi connectivity index (χ1) is 18.7. The Balaban J connectivity index is 1.42. The van der Waals surface area contributed by atoms with Crippen LogP contribution in [-0.2, 0) is 23.0 Å². The van der Waals surface area contributed by atoms with E-state index in [1.54, 1.807) is 72.8 Å². The predicted octanol–water partition coefficient (Wildman–Crippen LogP) is 5.53. The molecule has 2 N–H and O–H groups in total. The molecule has 0 radical (unpaired) electrons. The first-order valence-electron chi connectivity index (χ1n) is 12.3. The van der Waals surface area contributed by atoms with Gasteiger partial charge in [0.25, 0.3) is 11.8 Å². The first kappa shape index (κ1) is 27.9. The zero-order chi connectivity index (χ0) is 27.8. The Morgan fingerprint density at radius 2 is 1.49 bits per heavy atom. The van der Waals surface area contributed by atoms with Crippen LogP contribution in [0.2, 0.25) is 5.02 Å². The van der Waals surface area contributed by atoms with E-state index in [0.717, 1.165) is 11.8 Å². The zero-order valence-electron chi connectivity index (χ0n) is 21.3. The lowest BCUT2D eigenvalue weighted by molar-refractivity contribution is 0.0955. The van der Waals surface area contributed by atoms with Gasteiger partial charge in [-0.25, -0.2) is 8.42 Å². The molecule has 0 saturated heterocycles. The average Bonchev–Trinajstić information content (AvgIpc) is 2.92. The number of hydrogen-bond acceptors (Lipinski definition) is 4. The van der Waals surface area contributed by atoms with Gasteiger partial charge in [-0.3, -0.25) is 13.9 Å². The van der Waals surface area contributed by atoms with Gasteiger partial charge in [-0.2, -0.15) is 0 Å². The van der Waals surface area contributed by atoms with E-state index in [4.69, 9.17) is 11.6 Å². The number of para-hydroxylation sites is 1. The minimum Gasteiger partial charge on any atom is -0.352 e. The van der Waals surface area contributed by atoms with Crippen LogP contribution in [-0.4, -0.2) is 33.0 Å². The van der Waals surface area contributed by atoms with Crippen LogP contribution in [0.4, 0.5) is 11.4 Å². The fraction of sp³-hybridized carbons (Fsp3) is 0.133. The third-order valence-electron chi connectivity index (χ3n) is 6.00. The number of carbonyl (C=O) groups excluding carboxylic acids is 2. The number of anilines is 2. The number of benzene rings is 4. The average molecular weight is 562 g/mol. The summed E-state index contributed by atoms with van der Waals surface area (Å²) in [5, 5.41) is 6.14. The highest BCUT2D eigenvalue weighted by molar-refractivity contribution is 7.92. The number of halogens is 1. The van der Waals surface area contributed by atoms with Crippen molar-refractivity contribution < 1.29 is 18.0 Å². The maximum atomic E-state index is 13.0. The second-order valence-electron chi connectivity index (χ2n) is 8.94. The molecule has 0 bridgehead atoms. The molecule has 39 heavy (non-hydrogen) atoms. The van der Waals surface area contributed by atoms with E-state index in [2.05, 4.69) is 10.6 Å². The van der Waals surface area contributed by atoms with E-state index in [0.29, 0.717) is 46.1 Å². The SMILES string of the molecule is CS(=O)(=O)N(Cc1ccc(C(=O)Nc2ccccc2C(=O)NCCc2ccccc2)cc1)c1cccc(Cl)c1. The lowest BCUT2D eigenvalue weighted by Gasteiger charge is -2.22. The van der Waals surface area contributed by atoms with Gasteiger partial charge in [0.2, 0.25) is 10.0 Å². The van der Waals surface area contributed by atoms with Crippen LogP contribution in [0.3, 0.4) is 0 Å². The molecule has 0 aliphatic rings. The summed E-state index contributed by atoms with van der Waals surface area (Å²) >= 11 is 6.05. The van der Waals surface area contributed by atoms with Crippen molar-refractivity contribution in [2.75, 3.05) is 22.4 Å². The number of carbonyl (C=O) groups is 2. The molecule has 9 heteroatoms. The summed E-state index contributed by atoms with van der Waals surface area (Å²) in [4.78, 5) is 25.8. The first-order valence-corrected chi connectivity index (χ1v) is 14.5. The molecule has 0 heterocycles. The lowest BCUT2D eigenvalue weighted by Crippen LogP contribution is -2.29. The standard InChI is InChI=1S/C30H28ClN3O4S/c1-39(37,38)34(26-11-7-10-25(31)20-26)21-23-14-16-24(17-15-23)29(35)33-28-13-6-5-12-27(28)30(36)32-19-18-22-8-3-2-4-9-22/h2-17,20H,18-19,21H2,1H3,(H,32,36)(H,33,35). The van der Waals surface area contributed by atoms with Crippen LogP contribution < -0.4 is 14.9 Å². The molecule has 200 valence electrons. The summed E-state index contributed by atoms with van der Waals surface area (Å²) in [5.74, 6) is -0.667. The van der Waals surface area contributed by atoms with Crippen molar-refractivity contribution in [2.45, 2.75) is 13.0 Å². The summed E-state index contributed by atoms with van der Waals surface area (Å²) < 4.78 is 26.1. The minimum atomic E-state index is -3.58. The summed E-state index contributed by atoms with van der Waals surface area (Å²) in [6.07, 6.45) is 1.83. The molecule has 0 unspecified atom stereocenters.